The van der Waals surface area contributed by atoms with Gasteiger partial charge in [-0.1, -0.05) is 18.2 Å². The Morgan fingerprint density at radius 3 is 2.37 bits per heavy atom. The lowest BCUT2D eigenvalue weighted by molar-refractivity contribution is -0.153. The second kappa shape index (κ2) is 9.14. The molecule has 0 unspecified atom stereocenters. The van der Waals surface area contributed by atoms with Crippen molar-refractivity contribution in [3.8, 4) is 11.5 Å². The van der Waals surface area contributed by atoms with Crippen molar-refractivity contribution < 1.29 is 33.4 Å². The molecule has 0 aliphatic carbocycles. The first-order valence-electron chi connectivity index (χ1n) is 11.3. The molecule has 184 valence electrons. The highest BCUT2D eigenvalue weighted by atomic mass is 16.5. The highest BCUT2D eigenvalue weighted by Gasteiger charge is 2.67. The largest absolute Gasteiger partial charge is 0.493 e. The normalized spacial score (nSPS) is 25.4. The summed E-state index contributed by atoms with van der Waals surface area (Å²) in [6, 6.07) is 10.9. The Labute approximate surface area is 203 Å². The monoisotopic (exact) mass is 480 g/mol. The number of ether oxygens (including phenoxy) is 3. The van der Waals surface area contributed by atoms with E-state index in [-0.39, 0.29) is 12.4 Å². The van der Waals surface area contributed by atoms with E-state index < -0.39 is 41.2 Å². The number of nitrogens with zero attached hydrogens (tertiary/aromatic N) is 1. The van der Waals surface area contributed by atoms with Gasteiger partial charge in [0.25, 0.3) is 0 Å². The number of carbonyl (C=O) groups excluding carboxylic acids is 4. The van der Waals surface area contributed by atoms with E-state index in [0.717, 1.165) is 4.90 Å². The van der Waals surface area contributed by atoms with Crippen LogP contribution in [0.5, 0.6) is 11.5 Å². The fourth-order valence-electron chi connectivity index (χ4n) is 5.06. The van der Waals surface area contributed by atoms with Gasteiger partial charge in [-0.2, -0.15) is 0 Å². The molecule has 4 rings (SSSR count). The smallest absolute Gasteiger partial charge is 0.326 e. The number of hydrogen-bond donors (Lipinski definition) is 1. The molecule has 4 atom stereocenters. The van der Waals surface area contributed by atoms with Crippen LogP contribution in [-0.4, -0.2) is 49.9 Å². The van der Waals surface area contributed by atoms with Crippen molar-refractivity contribution in [2.24, 2.45) is 11.8 Å². The Morgan fingerprint density at radius 2 is 1.74 bits per heavy atom. The van der Waals surface area contributed by atoms with E-state index in [2.05, 4.69) is 5.32 Å². The second-order valence-electron chi connectivity index (χ2n) is 8.78. The topological polar surface area (TPSA) is 111 Å². The Morgan fingerprint density at radius 1 is 1.03 bits per heavy atom. The maximum atomic E-state index is 13.8. The molecule has 2 aromatic carbocycles. The van der Waals surface area contributed by atoms with Crippen LogP contribution < -0.4 is 19.7 Å². The number of nitrogens with one attached hydrogen (secondary N) is 1. The number of Topliss-reactive ketones (excluding diaryl/α,β-unsaturated/α-hetero) is 1. The molecule has 9 nitrogen and oxygen atoms in total. The van der Waals surface area contributed by atoms with Crippen molar-refractivity contribution in [1.29, 1.82) is 0 Å². The fraction of sp³-hybridized carbons (Fsp3) is 0.385. The maximum absolute atomic E-state index is 13.8. The number of anilines is 1. The van der Waals surface area contributed by atoms with Crippen LogP contribution in [0.4, 0.5) is 5.69 Å². The minimum absolute atomic E-state index is 0.126. The third kappa shape index (κ3) is 3.85. The van der Waals surface area contributed by atoms with Gasteiger partial charge >= 0.3 is 5.97 Å². The molecular weight excluding hydrogens is 452 g/mol. The second-order valence-corrected chi connectivity index (χ2v) is 8.78. The Bertz CT molecular complexity index is 1210. The van der Waals surface area contributed by atoms with Gasteiger partial charge in [-0.15, -0.1) is 0 Å². The molecule has 0 radical (unpaired) electrons. The summed E-state index contributed by atoms with van der Waals surface area (Å²) in [6.07, 6.45) is 0. The van der Waals surface area contributed by atoms with E-state index in [4.69, 9.17) is 14.2 Å². The van der Waals surface area contributed by atoms with E-state index >= 15 is 0 Å². The Kier molecular flexibility index (Phi) is 6.38. The number of carbonyl (C=O) groups is 4. The summed E-state index contributed by atoms with van der Waals surface area (Å²) < 4.78 is 16.0. The molecule has 35 heavy (non-hydrogen) atoms. The van der Waals surface area contributed by atoms with Crippen LogP contribution in [0.25, 0.3) is 0 Å². The van der Waals surface area contributed by atoms with E-state index in [1.807, 2.05) is 0 Å². The summed E-state index contributed by atoms with van der Waals surface area (Å²) in [6.45, 7) is 4.81. The molecular formula is C26H28N2O7. The van der Waals surface area contributed by atoms with Crippen molar-refractivity contribution >= 4 is 29.3 Å². The molecule has 2 aliphatic heterocycles. The molecule has 1 N–H and O–H groups in total. The number of fused-ring (bicyclic) bond motifs is 1. The van der Waals surface area contributed by atoms with E-state index in [9.17, 15) is 19.2 Å². The van der Waals surface area contributed by atoms with Crippen molar-refractivity contribution in [2.75, 3.05) is 25.7 Å². The lowest BCUT2D eigenvalue weighted by atomic mass is 9.80. The molecule has 2 aliphatic rings. The van der Waals surface area contributed by atoms with E-state index in [1.54, 1.807) is 50.2 Å². The average Bonchev–Trinajstić information content (AvgIpc) is 3.32. The summed E-state index contributed by atoms with van der Waals surface area (Å²) in [4.78, 5) is 53.6. The predicted octanol–water partition coefficient (Wildman–Crippen LogP) is 2.68. The van der Waals surface area contributed by atoms with Gasteiger partial charge in [0.15, 0.2) is 17.3 Å². The van der Waals surface area contributed by atoms with Crippen LogP contribution in [0.2, 0.25) is 0 Å². The lowest BCUT2D eigenvalue weighted by Gasteiger charge is -2.29. The van der Waals surface area contributed by atoms with Gasteiger partial charge in [0.05, 0.1) is 38.3 Å². The summed E-state index contributed by atoms with van der Waals surface area (Å²) in [5.41, 5.74) is -0.119. The van der Waals surface area contributed by atoms with Crippen LogP contribution in [-0.2, 0) is 19.1 Å². The lowest BCUT2D eigenvalue weighted by Crippen LogP contribution is -2.54. The first-order valence-corrected chi connectivity index (χ1v) is 11.3. The van der Waals surface area contributed by atoms with Crippen molar-refractivity contribution in [2.45, 2.75) is 32.4 Å². The summed E-state index contributed by atoms with van der Waals surface area (Å²) in [7, 11) is 3.02. The molecule has 2 saturated heterocycles. The molecule has 2 fully saturated rings. The van der Waals surface area contributed by atoms with Crippen molar-refractivity contribution in [1.82, 2.24) is 5.32 Å². The number of rotatable bonds is 7. The third-order valence-corrected chi connectivity index (χ3v) is 6.76. The summed E-state index contributed by atoms with van der Waals surface area (Å²) in [5, 5.41) is 3.23. The molecule has 0 spiro atoms. The van der Waals surface area contributed by atoms with Gasteiger partial charge < -0.3 is 14.2 Å². The van der Waals surface area contributed by atoms with E-state index in [0.29, 0.717) is 28.3 Å². The molecule has 2 amide bonds. The van der Waals surface area contributed by atoms with Crippen molar-refractivity contribution in [3.05, 3.63) is 53.6 Å². The molecule has 9 heteroatoms. The van der Waals surface area contributed by atoms with Crippen LogP contribution in [0, 0.1) is 11.8 Å². The minimum Gasteiger partial charge on any atom is -0.493 e. The number of amides is 2. The Balaban J connectivity index is 1.83. The summed E-state index contributed by atoms with van der Waals surface area (Å²) >= 11 is 0. The maximum Gasteiger partial charge on any atom is 0.326 e. The molecule has 0 aromatic heterocycles. The highest BCUT2D eigenvalue weighted by Crippen LogP contribution is 2.50. The zero-order valence-corrected chi connectivity index (χ0v) is 20.3. The molecule has 2 heterocycles. The predicted molar refractivity (Wildman–Crippen MR) is 126 cm³/mol. The van der Waals surface area contributed by atoms with Gasteiger partial charge in [0.1, 0.15) is 5.54 Å². The first kappa shape index (κ1) is 24.4. The van der Waals surface area contributed by atoms with Gasteiger partial charge in [0.2, 0.25) is 11.8 Å². The van der Waals surface area contributed by atoms with Gasteiger partial charge in [-0.05, 0) is 50.6 Å². The van der Waals surface area contributed by atoms with Gasteiger partial charge in [-0.3, -0.25) is 24.5 Å². The van der Waals surface area contributed by atoms with Crippen LogP contribution in [0.15, 0.2) is 42.5 Å². The SMILES string of the molecule is CCOC(=O)[C@]1(C)N[C@H](c2ccc(OC)c(OC)c2)[C@H]2C(=O)N(c3cccc(C(C)=O)c3)C(=O)[C@@H]21. The van der Waals surface area contributed by atoms with E-state index in [1.165, 1.54) is 27.2 Å². The Hall–Kier alpha value is -3.72. The number of esters is 1. The number of methoxy groups -OCH3 is 2. The fourth-order valence-corrected chi connectivity index (χ4v) is 5.06. The average molecular weight is 481 g/mol. The first-order chi connectivity index (χ1) is 16.7. The highest BCUT2D eigenvalue weighted by molar-refractivity contribution is 6.24. The van der Waals surface area contributed by atoms with Crippen LogP contribution in [0.3, 0.4) is 0 Å². The van der Waals surface area contributed by atoms with Crippen molar-refractivity contribution in [3.63, 3.8) is 0 Å². The van der Waals surface area contributed by atoms with Gasteiger partial charge in [-0.25, -0.2) is 4.90 Å². The molecule has 0 saturated carbocycles. The number of hydrogen-bond acceptors (Lipinski definition) is 8. The standard InChI is InChI=1S/C26H28N2O7/c1-6-35-25(32)26(3)21-20(22(27-26)16-10-11-18(33-4)19(13-16)34-5)23(30)28(24(21)31)17-9-7-8-15(12-17)14(2)29/h7-13,20-22,27H,6H2,1-5H3/t20-,21+,22+,26+/m0/s1. The number of imide groups is 1. The molecule has 0 bridgehead atoms. The number of benzene rings is 2. The quantitative estimate of drug-likeness (QED) is 0.366. The zero-order chi connectivity index (χ0) is 25.5. The summed E-state index contributed by atoms with van der Waals surface area (Å²) in [5.74, 6) is -2.70. The zero-order valence-electron chi connectivity index (χ0n) is 20.3. The third-order valence-electron chi connectivity index (χ3n) is 6.76. The minimum atomic E-state index is -1.45. The molecule has 2 aromatic rings. The van der Waals surface area contributed by atoms with Crippen LogP contribution >= 0.6 is 0 Å². The van der Waals surface area contributed by atoms with Gasteiger partial charge in [0, 0.05) is 11.6 Å². The number of ketones is 1. The van der Waals surface area contributed by atoms with Crippen LogP contribution in [0.1, 0.15) is 42.7 Å².